The average Bonchev–Trinajstić information content (AvgIpc) is 3.37. The van der Waals surface area contributed by atoms with E-state index in [2.05, 4.69) is 11.9 Å². The molecule has 35 heavy (non-hydrogen) atoms. The molecule has 9 nitrogen and oxygen atoms in total. The fraction of sp³-hybridized carbons (Fsp3) is 0.400. The second-order valence-electron chi connectivity index (χ2n) is 7.47. The summed E-state index contributed by atoms with van der Waals surface area (Å²) in [4.78, 5) is 41.5. The highest BCUT2D eigenvalue weighted by Crippen LogP contribution is 2.27. The Hall–Kier alpha value is -3.53. The van der Waals surface area contributed by atoms with E-state index in [1.54, 1.807) is 37.4 Å². The van der Waals surface area contributed by atoms with Gasteiger partial charge in [-0.1, -0.05) is 18.2 Å². The van der Waals surface area contributed by atoms with Crippen LogP contribution in [0.1, 0.15) is 17.4 Å². The van der Waals surface area contributed by atoms with Crippen molar-refractivity contribution in [1.29, 1.82) is 0 Å². The number of hydrogen-bond acceptors (Lipinski definition) is 7. The molecule has 0 spiro atoms. The monoisotopic (exact) mass is 503 g/mol. The van der Waals surface area contributed by atoms with Gasteiger partial charge in [0.05, 0.1) is 27.4 Å². The fourth-order valence-corrected chi connectivity index (χ4v) is 4.01. The number of carbonyl (C=O) groups excluding carboxylic acids is 3. The van der Waals surface area contributed by atoms with Crippen LogP contribution >= 0.6 is 11.3 Å². The Balaban J connectivity index is 2.10. The third kappa shape index (κ3) is 8.97. The lowest BCUT2D eigenvalue weighted by molar-refractivity contribution is -0.141. The van der Waals surface area contributed by atoms with Crippen LogP contribution in [0.25, 0.3) is 0 Å². The Labute approximate surface area is 210 Å². The Bertz CT molecular complexity index is 980. The Morgan fingerprint density at radius 2 is 1.89 bits per heavy atom. The molecule has 0 radical (unpaired) electrons. The molecule has 0 bridgehead atoms. The Kier molecular flexibility index (Phi) is 11.6. The standard InChI is InChI=1S/C25H33N3O6S/c1-5-12-28(25(31)26-16-24(30)34-6-2)18-23(29)27(17-20-8-7-14-35-20)13-11-19-9-10-21(32-3)22(15-19)33-4/h5,7-10,14-15H,1,6,11-13,16-18H2,2-4H3,(H,26,31). The molecule has 0 saturated carbocycles. The Morgan fingerprint density at radius 1 is 1.11 bits per heavy atom. The van der Waals surface area contributed by atoms with Gasteiger partial charge in [0.15, 0.2) is 11.5 Å². The first-order valence-electron chi connectivity index (χ1n) is 11.2. The van der Waals surface area contributed by atoms with E-state index in [-0.39, 0.29) is 32.1 Å². The van der Waals surface area contributed by atoms with Gasteiger partial charge in [-0.3, -0.25) is 9.59 Å². The van der Waals surface area contributed by atoms with E-state index in [1.807, 2.05) is 35.7 Å². The van der Waals surface area contributed by atoms with Crippen molar-refractivity contribution in [2.45, 2.75) is 19.9 Å². The lowest BCUT2D eigenvalue weighted by Gasteiger charge is -2.27. The third-order valence-electron chi connectivity index (χ3n) is 5.05. The fourth-order valence-electron chi connectivity index (χ4n) is 3.29. The van der Waals surface area contributed by atoms with Crippen molar-refractivity contribution in [2.75, 3.05) is 47.0 Å². The van der Waals surface area contributed by atoms with Gasteiger partial charge >= 0.3 is 12.0 Å². The molecule has 1 N–H and O–H groups in total. The number of carbonyl (C=O) groups is 3. The molecule has 0 atom stereocenters. The minimum atomic E-state index is -0.542. The normalized spacial score (nSPS) is 10.3. The highest BCUT2D eigenvalue weighted by Gasteiger charge is 2.22. The van der Waals surface area contributed by atoms with Crippen LogP contribution in [0.15, 0.2) is 48.4 Å². The van der Waals surface area contributed by atoms with Crippen molar-refractivity contribution in [3.05, 3.63) is 58.8 Å². The predicted molar refractivity (Wildman–Crippen MR) is 135 cm³/mol. The quantitative estimate of drug-likeness (QED) is 0.314. The summed E-state index contributed by atoms with van der Waals surface area (Å²) in [7, 11) is 3.16. The van der Waals surface area contributed by atoms with Gasteiger partial charge in [-0.25, -0.2) is 4.79 Å². The minimum absolute atomic E-state index is 0.155. The first-order valence-corrected chi connectivity index (χ1v) is 12.1. The maximum Gasteiger partial charge on any atom is 0.325 e. The van der Waals surface area contributed by atoms with Gasteiger partial charge in [0.1, 0.15) is 13.1 Å². The summed E-state index contributed by atoms with van der Waals surface area (Å²) in [6, 6.07) is 9.02. The molecule has 1 heterocycles. The number of esters is 1. The Morgan fingerprint density at radius 3 is 2.51 bits per heavy atom. The van der Waals surface area contributed by atoms with Gasteiger partial charge < -0.3 is 29.3 Å². The number of amides is 3. The largest absolute Gasteiger partial charge is 0.493 e. The second-order valence-corrected chi connectivity index (χ2v) is 8.50. The lowest BCUT2D eigenvalue weighted by Crippen LogP contribution is -2.48. The first-order chi connectivity index (χ1) is 16.9. The molecular formula is C25H33N3O6S. The van der Waals surface area contributed by atoms with Crippen LogP contribution in [0.5, 0.6) is 11.5 Å². The highest BCUT2D eigenvalue weighted by molar-refractivity contribution is 7.09. The zero-order chi connectivity index (χ0) is 25.6. The number of ether oxygens (including phenoxy) is 3. The summed E-state index contributed by atoms with van der Waals surface area (Å²) in [5, 5.41) is 4.45. The van der Waals surface area contributed by atoms with Gasteiger partial charge in [0.25, 0.3) is 0 Å². The molecule has 0 unspecified atom stereocenters. The van der Waals surface area contributed by atoms with Crippen molar-refractivity contribution in [2.24, 2.45) is 0 Å². The molecule has 0 aliphatic rings. The summed E-state index contributed by atoms with van der Waals surface area (Å²) in [5.41, 5.74) is 0.988. The molecule has 190 valence electrons. The molecule has 2 rings (SSSR count). The van der Waals surface area contributed by atoms with E-state index >= 15 is 0 Å². The number of urea groups is 1. The maximum atomic E-state index is 13.3. The molecule has 1 aromatic carbocycles. The van der Waals surface area contributed by atoms with E-state index in [0.717, 1.165) is 10.4 Å². The summed E-state index contributed by atoms with van der Waals surface area (Å²) in [6.45, 7) is 6.18. The summed E-state index contributed by atoms with van der Waals surface area (Å²) in [5.74, 6) is 0.500. The zero-order valence-electron chi connectivity index (χ0n) is 20.5. The molecular weight excluding hydrogens is 470 g/mol. The van der Waals surface area contributed by atoms with E-state index < -0.39 is 12.0 Å². The van der Waals surface area contributed by atoms with Crippen molar-refractivity contribution in [1.82, 2.24) is 15.1 Å². The van der Waals surface area contributed by atoms with E-state index in [0.29, 0.717) is 31.0 Å². The molecule has 0 fully saturated rings. The average molecular weight is 504 g/mol. The number of rotatable bonds is 14. The first kappa shape index (κ1) is 27.7. The number of nitrogens with zero attached hydrogens (tertiary/aromatic N) is 2. The molecule has 0 aliphatic carbocycles. The molecule has 2 aromatic rings. The molecule has 1 aromatic heterocycles. The third-order valence-corrected chi connectivity index (χ3v) is 5.91. The second kappa shape index (κ2) is 14.7. The highest BCUT2D eigenvalue weighted by atomic mass is 32.1. The van der Waals surface area contributed by atoms with Crippen LogP contribution in [0, 0.1) is 0 Å². The van der Waals surface area contributed by atoms with Crippen LogP contribution in [-0.2, 0) is 27.3 Å². The van der Waals surface area contributed by atoms with Gasteiger partial charge in [-0.15, -0.1) is 17.9 Å². The summed E-state index contributed by atoms with van der Waals surface area (Å²) in [6.07, 6.45) is 2.12. The van der Waals surface area contributed by atoms with Gasteiger partial charge in [0.2, 0.25) is 5.91 Å². The number of methoxy groups -OCH3 is 2. The van der Waals surface area contributed by atoms with E-state index in [9.17, 15) is 14.4 Å². The van der Waals surface area contributed by atoms with Crippen LogP contribution in [-0.4, -0.2) is 74.7 Å². The molecule has 3 amide bonds. The van der Waals surface area contributed by atoms with Crippen molar-refractivity contribution in [3.8, 4) is 11.5 Å². The number of nitrogens with one attached hydrogen (secondary N) is 1. The van der Waals surface area contributed by atoms with Crippen LogP contribution in [0.3, 0.4) is 0 Å². The summed E-state index contributed by atoms with van der Waals surface area (Å²) >= 11 is 1.56. The topological polar surface area (TPSA) is 97.4 Å². The van der Waals surface area contributed by atoms with Gasteiger partial charge in [0, 0.05) is 18.0 Å². The van der Waals surface area contributed by atoms with Crippen molar-refractivity contribution in [3.63, 3.8) is 0 Å². The summed E-state index contributed by atoms with van der Waals surface area (Å²) < 4.78 is 15.5. The molecule has 0 aliphatic heterocycles. The van der Waals surface area contributed by atoms with Crippen LogP contribution in [0.4, 0.5) is 4.79 Å². The van der Waals surface area contributed by atoms with E-state index in [4.69, 9.17) is 14.2 Å². The smallest absolute Gasteiger partial charge is 0.325 e. The van der Waals surface area contributed by atoms with E-state index in [1.165, 1.54) is 11.0 Å². The van der Waals surface area contributed by atoms with Gasteiger partial charge in [-0.05, 0) is 42.5 Å². The van der Waals surface area contributed by atoms with Crippen LogP contribution < -0.4 is 14.8 Å². The maximum absolute atomic E-state index is 13.3. The number of benzene rings is 1. The van der Waals surface area contributed by atoms with Gasteiger partial charge in [-0.2, -0.15) is 0 Å². The predicted octanol–water partition coefficient (Wildman–Crippen LogP) is 3.10. The number of hydrogen-bond donors (Lipinski definition) is 1. The lowest BCUT2D eigenvalue weighted by atomic mass is 10.1. The van der Waals surface area contributed by atoms with Crippen molar-refractivity contribution >= 4 is 29.2 Å². The zero-order valence-corrected chi connectivity index (χ0v) is 21.3. The SMILES string of the molecule is C=CCN(CC(=O)N(CCc1ccc(OC)c(OC)c1)Cc1cccs1)C(=O)NCC(=O)OCC. The number of thiophene rings is 1. The molecule has 10 heteroatoms. The minimum Gasteiger partial charge on any atom is -0.493 e. The molecule has 0 saturated heterocycles. The van der Waals surface area contributed by atoms with Crippen molar-refractivity contribution < 1.29 is 28.6 Å². The van der Waals surface area contributed by atoms with Crippen LogP contribution in [0.2, 0.25) is 0 Å².